The third-order valence-corrected chi connectivity index (χ3v) is 7.21. The van der Waals surface area contributed by atoms with Crippen LogP contribution in [0, 0.1) is 0 Å². The maximum Gasteiger partial charge on any atom is 0.410 e. The number of rotatable bonds is 4. The van der Waals surface area contributed by atoms with E-state index in [-0.39, 0.29) is 5.91 Å². The largest absolute Gasteiger partial charge is 0.444 e. The van der Waals surface area contributed by atoms with Gasteiger partial charge in [-0.15, -0.1) is 0 Å². The molecule has 8 nitrogen and oxygen atoms in total. The van der Waals surface area contributed by atoms with Crippen molar-refractivity contribution >= 4 is 50.9 Å². The number of nitrogens with zero attached hydrogens (tertiary/aromatic N) is 2. The average Bonchev–Trinajstić information content (AvgIpc) is 3.52. The summed E-state index contributed by atoms with van der Waals surface area (Å²) < 4.78 is 7.69. The first-order valence-electron chi connectivity index (χ1n) is 12.9. The second kappa shape index (κ2) is 8.62. The number of carbonyl (C=O) groups is 3. The van der Waals surface area contributed by atoms with Gasteiger partial charge < -0.3 is 19.2 Å². The Labute approximate surface area is 220 Å². The van der Waals surface area contributed by atoms with Crippen LogP contribution in [0.2, 0.25) is 0 Å². The molecule has 0 unspecified atom stereocenters. The minimum absolute atomic E-state index is 0.319. The Morgan fingerprint density at radius 2 is 1.74 bits per heavy atom. The molecule has 4 aromatic rings. The Morgan fingerprint density at radius 3 is 2.50 bits per heavy atom. The molecule has 0 aliphatic carbocycles. The Balaban J connectivity index is 1.46. The SMILES string of the molecule is CN(Cc1cccc2c(C3=C(c4cn5c6c(cccc46)CCC5)C(=O)NC3=O)c[nH]c12)C(=O)OC(C)(C)C. The number of carbonyl (C=O) groups excluding carboxylic acids is 3. The molecule has 0 saturated carbocycles. The van der Waals surface area contributed by atoms with E-state index >= 15 is 0 Å². The van der Waals surface area contributed by atoms with Gasteiger partial charge in [0.1, 0.15) is 5.60 Å². The molecule has 0 spiro atoms. The molecule has 0 fully saturated rings. The first-order chi connectivity index (χ1) is 18.1. The van der Waals surface area contributed by atoms with Crippen LogP contribution >= 0.6 is 0 Å². The van der Waals surface area contributed by atoms with E-state index in [1.807, 2.05) is 57.3 Å². The molecule has 0 atom stereocenters. The van der Waals surface area contributed by atoms with E-state index in [1.54, 1.807) is 13.2 Å². The molecule has 3 amide bonds. The highest BCUT2D eigenvalue weighted by molar-refractivity contribution is 6.50. The molecule has 2 aliphatic heterocycles. The van der Waals surface area contributed by atoms with Gasteiger partial charge in [0.25, 0.3) is 11.8 Å². The van der Waals surface area contributed by atoms with Crippen molar-refractivity contribution in [2.24, 2.45) is 0 Å². The van der Waals surface area contributed by atoms with E-state index in [1.165, 1.54) is 10.5 Å². The van der Waals surface area contributed by atoms with E-state index < -0.39 is 17.6 Å². The van der Waals surface area contributed by atoms with E-state index in [2.05, 4.69) is 20.9 Å². The number of para-hydroxylation sites is 2. The summed E-state index contributed by atoms with van der Waals surface area (Å²) in [6, 6.07) is 11.9. The lowest BCUT2D eigenvalue weighted by molar-refractivity contribution is -0.122. The van der Waals surface area contributed by atoms with Crippen LogP contribution in [0.25, 0.3) is 33.0 Å². The molecule has 2 N–H and O–H groups in total. The summed E-state index contributed by atoms with van der Waals surface area (Å²) in [7, 11) is 1.69. The molecule has 38 heavy (non-hydrogen) atoms. The fourth-order valence-corrected chi connectivity index (χ4v) is 5.64. The number of hydrogen-bond acceptors (Lipinski definition) is 4. The number of aromatic nitrogens is 2. The third-order valence-electron chi connectivity index (χ3n) is 7.21. The maximum absolute atomic E-state index is 13.2. The summed E-state index contributed by atoms with van der Waals surface area (Å²) in [6.45, 7) is 6.70. The van der Waals surface area contributed by atoms with Crippen LogP contribution in [0.3, 0.4) is 0 Å². The zero-order valence-electron chi connectivity index (χ0n) is 22.0. The molecule has 0 saturated heterocycles. The number of ether oxygens (including phenoxy) is 1. The Kier molecular flexibility index (Phi) is 5.45. The van der Waals surface area contributed by atoms with Crippen LogP contribution in [0.1, 0.15) is 49.4 Å². The van der Waals surface area contributed by atoms with Gasteiger partial charge in [-0.2, -0.15) is 0 Å². The lowest BCUT2D eigenvalue weighted by atomic mass is 9.94. The van der Waals surface area contributed by atoms with Crippen molar-refractivity contribution in [2.75, 3.05) is 7.05 Å². The number of imide groups is 1. The molecule has 2 aliphatic rings. The average molecular weight is 511 g/mol. The molecule has 2 aromatic carbocycles. The Bertz CT molecular complexity index is 1680. The van der Waals surface area contributed by atoms with Crippen LogP contribution < -0.4 is 5.32 Å². The highest BCUT2D eigenvalue weighted by Gasteiger charge is 2.35. The molecule has 0 radical (unpaired) electrons. The lowest BCUT2D eigenvalue weighted by Gasteiger charge is -2.24. The lowest BCUT2D eigenvalue weighted by Crippen LogP contribution is -2.33. The highest BCUT2D eigenvalue weighted by atomic mass is 16.6. The minimum atomic E-state index is -0.592. The fourth-order valence-electron chi connectivity index (χ4n) is 5.64. The summed E-state index contributed by atoms with van der Waals surface area (Å²) in [5, 5.41) is 4.33. The Hall–Kier alpha value is -4.33. The van der Waals surface area contributed by atoms with Crippen LogP contribution in [0.4, 0.5) is 4.79 Å². The van der Waals surface area contributed by atoms with Gasteiger partial charge in [0.05, 0.1) is 28.7 Å². The summed E-state index contributed by atoms with van der Waals surface area (Å²) in [4.78, 5) is 43.8. The standard InChI is InChI=1S/C30H30N4O4/c1-30(2,3)38-29(37)33(4)15-18-9-6-11-19-21(14-31-25(18)19)23-24(28(36)32-27(23)35)22-16-34-13-7-10-17-8-5-12-20(22)26(17)34/h5-6,8-9,11-12,14,16,31H,7,10,13,15H2,1-4H3,(H,32,35,36). The molecule has 4 heterocycles. The predicted molar refractivity (Wildman–Crippen MR) is 146 cm³/mol. The number of benzene rings is 2. The first kappa shape index (κ1) is 24.0. The van der Waals surface area contributed by atoms with Crippen molar-refractivity contribution in [3.63, 3.8) is 0 Å². The van der Waals surface area contributed by atoms with Crippen LogP contribution in [0.15, 0.2) is 48.8 Å². The first-order valence-corrected chi connectivity index (χ1v) is 12.9. The van der Waals surface area contributed by atoms with Crippen molar-refractivity contribution < 1.29 is 19.1 Å². The van der Waals surface area contributed by atoms with E-state index in [4.69, 9.17) is 4.74 Å². The molecule has 0 bridgehead atoms. The zero-order chi connectivity index (χ0) is 26.8. The van der Waals surface area contributed by atoms with E-state index in [9.17, 15) is 14.4 Å². The Morgan fingerprint density at radius 1 is 1.03 bits per heavy atom. The normalized spacial score (nSPS) is 15.5. The smallest absolute Gasteiger partial charge is 0.410 e. The fraction of sp³-hybridized carbons (Fsp3) is 0.300. The minimum Gasteiger partial charge on any atom is -0.444 e. The maximum atomic E-state index is 13.2. The molecule has 6 rings (SSSR count). The molecule has 194 valence electrons. The second-order valence-electron chi connectivity index (χ2n) is 11.1. The van der Waals surface area contributed by atoms with Gasteiger partial charge in [0, 0.05) is 47.9 Å². The molecular formula is C30H30N4O4. The van der Waals surface area contributed by atoms with E-state index in [0.29, 0.717) is 23.3 Å². The number of H-pyrrole nitrogens is 1. The van der Waals surface area contributed by atoms with Gasteiger partial charge >= 0.3 is 6.09 Å². The van der Waals surface area contributed by atoms with Crippen molar-refractivity contribution in [2.45, 2.75) is 52.3 Å². The topological polar surface area (TPSA) is 96.4 Å². The van der Waals surface area contributed by atoms with Crippen molar-refractivity contribution in [3.8, 4) is 0 Å². The molecular weight excluding hydrogens is 480 g/mol. The number of aromatic amines is 1. The van der Waals surface area contributed by atoms with Gasteiger partial charge in [-0.25, -0.2) is 4.79 Å². The number of nitrogens with one attached hydrogen (secondary N) is 2. The zero-order valence-corrected chi connectivity index (χ0v) is 22.0. The summed E-state index contributed by atoms with van der Waals surface area (Å²) in [5.74, 6) is -0.794. The van der Waals surface area contributed by atoms with Crippen molar-refractivity contribution in [1.82, 2.24) is 19.8 Å². The van der Waals surface area contributed by atoms with Crippen LogP contribution in [0.5, 0.6) is 0 Å². The quantitative estimate of drug-likeness (QED) is 0.378. The monoisotopic (exact) mass is 510 g/mol. The summed E-state index contributed by atoms with van der Waals surface area (Å²) in [5.41, 5.74) is 5.69. The van der Waals surface area contributed by atoms with Crippen LogP contribution in [-0.2, 0) is 33.8 Å². The van der Waals surface area contributed by atoms with Crippen molar-refractivity contribution in [3.05, 3.63) is 71.0 Å². The third kappa shape index (κ3) is 3.88. The van der Waals surface area contributed by atoms with E-state index in [0.717, 1.165) is 52.3 Å². The number of hydrogen-bond donors (Lipinski definition) is 2. The molecule has 8 heteroatoms. The highest BCUT2D eigenvalue weighted by Crippen LogP contribution is 2.40. The number of fused-ring (bicyclic) bond motifs is 1. The number of amides is 3. The van der Waals surface area contributed by atoms with Crippen molar-refractivity contribution in [1.29, 1.82) is 0 Å². The van der Waals surface area contributed by atoms with Crippen LogP contribution in [-0.4, -0.2) is 45.0 Å². The molecule has 2 aromatic heterocycles. The van der Waals surface area contributed by atoms with Gasteiger partial charge in [0.2, 0.25) is 0 Å². The second-order valence-corrected chi connectivity index (χ2v) is 11.1. The number of aryl methyl sites for hydroxylation is 2. The van der Waals surface area contributed by atoms with Gasteiger partial charge in [0.15, 0.2) is 0 Å². The van der Waals surface area contributed by atoms with Gasteiger partial charge in [-0.1, -0.05) is 36.4 Å². The van der Waals surface area contributed by atoms with Gasteiger partial charge in [-0.05, 0) is 44.7 Å². The summed E-state index contributed by atoms with van der Waals surface area (Å²) in [6.07, 6.45) is 5.41. The van der Waals surface area contributed by atoms with Gasteiger partial charge in [-0.3, -0.25) is 14.9 Å². The predicted octanol–water partition coefficient (Wildman–Crippen LogP) is 5.00. The summed E-state index contributed by atoms with van der Waals surface area (Å²) >= 11 is 0.